The minimum absolute atomic E-state index is 0.151. The Morgan fingerprint density at radius 3 is 2.40 bits per heavy atom. The standard InChI is InChI=1S/C15H16FNO2S/c1-10-3-6-15(11(2)7-10)20(18,19)9-12-4-5-13(16)8-14(12)17/h3-8H,9,17H2,1-2H3. The quantitative estimate of drug-likeness (QED) is 0.885. The van der Waals surface area contributed by atoms with Crippen molar-refractivity contribution in [3.63, 3.8) is 0 Å². The predicted molar refractivity (Wildman–Crippen MR) is 77.6 cm³/mol. The molecule has 2 aromatic rings. The van der Waals surface area contributed by atoms with Crippen molar-refractivity contribution in [1.82, 2.24) is 0 Å². The molecule has 0 spiro atoms. The number of aryl methyl sites for hydroxylation is 2. The van der Waals surface area contributed by atoms with Crippen LogP contribution in [0, 0.1) is 19.7 Å². The molecule has 0 fully saturated rings. The first-order chi connectivity index (χ1) is 9.29. The van der Waals surface area contributed by atoms with Gasteiger partial charge in [0.05, 0.1) is 10.6 Å². The minimum Gasteiger partial charge on any atom is -0.398 e. The van der Waals surface area contributed by atoms with E-state index in [2.05, 4.69) is 0 Å². The maximum absolute atomic E-state index is 13.0. The third-order valence-electron chi connectivity index (χ3n) is 3.12. The number of rotatable bonds is 3. The van der Waals surface area contributed by atoms with Gasteiger partial charge in [-0.15, -0.1) is 0 Å². The molecule has 5 heteroatoms. The molecule has 0 atom stereocenters. The van der Waals surface area contributed by atoms with Gasteiger partial charge in [-0.25, -0.2) is 12.8 Å². The predicted octanol–water partition coefficient (Wildman–Crippen LogP) is 3.00. The highest BCUT2D eigenvalue weighted by Crippen LogP contribution is 2.24. The molecule has 0 aromatic heterocycles. The second-order valence-electron chi connectivity index (χ2n) is 4.87. The van der Waals surface area contributed by atoms with Crippen LogP contribution in [0.15, 0.2) is 41.3 Å². The number of hydrogen-bond acceptors (Lipinski definition) is 3. The molecular formula is C15H16FNO2S. The van der Waals surface area contributed by atoms with Crippen molar-refractivity contribution in [2.45, 2.75) is 24.5 Å². The topological polar surface area (TPSA) is 60.2 Å². The molecule has 0 radical (unpaired) electrons. The highest BCUT2D eigenvalue weighted by atomic mass is 32.2. The van der Waals surface area contributed by atoms with E-state index in [0.717, 1.165) is 11.6 Å². The van der Waals surface area contributed by atoms with E-state index in [1.54, 1.807) is 19.1 Å². The fourth-order valence-electron chi connectivity index (χ4n) is 2.13. The lowest BCUT2D eigenvalue weighted by atomic mass is 10.2. The molecule has 0 aliphatic rings. The van der Waals surface area contributed by atoms with E-state index in [0.29, 0.717) is 11.1 Å². The molecule has 0 aliphatic heterocycles. The van der Waals surface area contributed by atoms with E-state index in [9.17, 15) is 12.8 Å². The summed E-state index contributed by atoms with van der Waals surface area (Å²) < 4.78 is 37.8. The Labute approximate surface area is 118 Å². The van der Waals surface area contributed by atoms with Crippen molar-refractivity contribution in [3.05, 3.63) is 58.9 Å². The number of sulfone groups is 1. The maximum Gasteiger partial charge on any atom is 0.182 e. The van der Waals surface area contributed by atoms with Gasteiger partial charge in [0.15, 0.2) is 9.84 Å². The zero-order chi connectivity index (χ0) is 14.9. The Morgan fingerprint density at radius 1 is 1.10 bits per heavy atom. The van der Waals surface area contributed by atoms with Crippen LogP contribution in [0.4, 0.5) is 10.1 Å². The van der Waals surface area contributed by atoms with Gasteiger partial charge < -0.3 is 5.73 Å². The fraction of sp³-hybridized carbons (Fsp3) is 0.200. The largest absolute Gasteiger partial charge is 0.398 e. The molecule has 2 N–H and O–H groups in total. The monoisotopic (exact) mass is 293 g/mol. The normalized spacial score (nSPS) is 11.6. The third kappa shape index (κ3) is 2.99. The maximum atomic E-state index is 13.0. The van der Waals surface area contributed by atoms with Crippen molar-refractivity contribution in [1.29, 1.82) is 0 Å². The molecule has 0 amide bonds. The van der Waals surface area contributed by atoms with Crippen LogP contribution in [0.1, 0.15) is 16.7 Å². The summed E-state index contributed by atoms with van der Waals surface area (Å²) in [6.07, 6.45) is 0. The smallest absolute Gasteiger partial charge is 0.182 e. The van der Waals surface area contributed by atoms with Gasteiger partial charge in [0.1, 0.15) is 5.82 Å². The average molecular weight is 293 g/mol. The van der Waals surface area contributed by atoms with Crippen LogP contribution in [0.3, 0.4) is 0 Å². The Hall–Kier alpha value is -1.88. The van der Waals surface area contributed by atoms with Crippen molar-refractivity contribution < 1.29 is 12.8 Å². The van der Waals surface area contributed by atoms with E-state index in [-0.39, 0.29) is 16.3 Å². The minimum atomic E-state index is -3.50. The zero-order valence-corrected chi connectivity index (χ0v) is 12.2. The fourth-order valence-corrected chi connectivity index (χ4v) is 3.78. The van der Waals surface area contributed by atoms with E-state index >= 15 is 0 Å². The van der Waals surface area contributed by atoms with Crippen LogP contribution in [0.5, 0.6) is 0 Å². The summed E-state index contributed by atoms with van der Waals surface area (Å²) in [5.74, 6) is -0.710. The van der Waals surface area contributed by atoms with Crippen molar-refractivity contribution in [3.8, 4) is 0 Å². The summed E-state index contributed by atoms with van der Waals surface area (Å²) in [5, 5.41) is 0. The Morgan fingerprint density at radius 2 is 1.80 bits per heavy atom. The zero-order valence-electron chi connectivity index (χ0n) is 11.4. The summed E-state index contributed by atoms with van der Waals surface area (Å²) in [5.41, 5.74) is 7.93. The van der Waals surface area contributed by atoms with Crippen LogP contribution < -0.4 is 5.73 Å². The highest BCUT2D eigenvalue weighted by Gasteiger charge is 2.19. The average Bonchev–Trinajstić information content (AvgIpc) is 2.32. The van der Waals surface area contributed by atoms with Crippen molar-refractivity contribution in [2.75, 3.05) is 5.73 Å². The Bertz CT molecular complexity index is 754. The van der Waals surface area contributed by atoms with E-state index < -0.39 is 15.7 Å². The molecular weight excluding hydrogens is 277 g/mol. The lowest BCUT2D eigenvalue weighted by Crippen LogP contribution is -2.09. The molecule has 106 valence electrons. The van der Waals surface area contributed by atoms with Gasteiger partial charge in [-0.3, -0.25) is 0 Å². The van der Waals surface area contributed by atoms with Crippen LogP contribution in [-0.2, 0) is 15.6 Å². The van der Waals surface area contributed by atoms with Gasteiger partial charge in [0, 0.05) is 5.69 Å². The lowest BCUT2D eigenvalue weighted by molar-refractivity contribution is 0.594. The summed E-state index contributed by atoms with van der Waals surface area (Å²) in [6, 6.07) is 8.93. The molecule has 2 rings (SSSR count). The molecule has 0 saturated carbocycles. The molecule has 0 unspecified atom stereocenters. The number of hydrogen-bond donors (Lipinski definition) is 1. The SMILES string of the molecule is Cc1ccc(S(=O)(=O)Cc2ccc(F)cc2N)c(C)c1. The second-order valence-corrected chi connectivity index (χ2v) is 6.83. The highest BCUT2D eigenvalue weighted by molar-refractivity contribution is 7.90. The van der Waals surface area contributed by atoms with Crippen LogP contribution in [0.2, 0.25) is 0 Å². The van der Waals surface area contributed by atoms with E-state index in [1.807, 2.05) is 13.0 Å². The number of benzene rings is 2. The molecule has 20 heavy (non-hydrogen) atoms. The van der Waals surface area contributed by atoms with E-state index in [1.165, 1.54) is 12.1 Å². The van der Waals surface area contributed by atoms with Crippen LogP contribution in [0.25, 0.3) is 0 Å². The van der Waals surface area contributed by atoms with Gasteiger partial charge in [0.2, 0.25) is 0 Å². The first-order valence-corrected chi connectivity index (χ1v) is 7.79. The third-order valence-corrected chi connectivity index (χ3v) is 4.94. The molecule has 3 nitrogen and oxygen atoms in total. The summed E-state index contributed by atoms with van der Waals surface area (Å²) in [6.45, 7) is 3.66. The number of halogens is 1. The Balaban J connectivity index is 2.41. The molecule has 0 saturated heterocycles. The van der Waals surface area contributed by atoms with Crippen molar-refractivity contribution >= 4 is 15.5 Å². The second kappa shape index (κ2) is 5.25. The van der Waals surface area contributed by atoms with Gasteiger partial charge in [-0.2, -0.15) is 0 Å². The number of nitrogen functional groups attached to an aromatic ring is 1. The summed E-state index contributed by atoms with van der Waals surface area (Å²) >= 11 is 0. The van der Waals surface area contributed by atoms with Crippen LogP contribution >= 0.6 is 0 Å². The number of nitrogens with two attached hydrogens (primary N) is 1. The molecule has 2 aromatic carbocycles. The summed E-state index contributed by atoms with van der Waals surface area (Å²) in [7, 11) is -3.50. The first-order valence-electron chi connectivity index (χ1n) is 6.13. The first kappa shape index (κ1) is 14.5. The van der Waals surface area contributed by atoms with Gasteiger partial charge in [0.25, 0.3) is 0 Å². The van der Waals surface area contributed by atoms with Crippen LogP contribution in [-0.4, -0.2) is 8.42 Å². The van der Waals surface area contributed by atoms with Crippen molar-refractivity contribution in [2.24, 2.45) is 0 Å². The Kier molecular flexibility index (Phi) is 3.81. The molecule has 0 bridgehead atoms. The van der Waals surface area contributed by atoms with Gasteiger partial charge >= 0.3 is 0 Å². The van der Waals surface area contributed by atoms with Gasteiger partial charge in [-0.1, -0.05) is 23.8 Å². The van der Waals surface area contributed by atoms with Gasteiger partial charge in [-0.05, 0) is 43.2 Å². The molecule has 0 aliphatic carbocycles. The summed E-state index contributed by atoms with van der Waals surface area (Å²) in [4.78, 5) is 0.284. The molecule has 0 heterocycles. The lowest BCUT2D eigenvalue weighted by Gasteiger charge is -2.10. The van der Waals surface area contributed by atoms with E-state index in [4.69, 9.17) is 5.73 Å². The number of anilines is 1.